The fraction of sp³-hybridized carbons (Fsp3) is 0.417. The summed E-state index contributed by atoms with van der Waals surface area (Å²) < 4.78 is 5.44. The first-order chi connectivity index (χ1) is 8.33. The van der Waals surface area contributed by atoms with Crippen LogP contribution in [-0.2, 0) is 4.79 Å². The van der Waals surface area contributed by atoms with Crippen LogP contribution in [0.5, 0.6) is 5.75 Å². The van der Waals surface area contributed by atoms with Crippen LogP contribution in [0.25, 0.3) is 0 Å². The number of amides is 1. The molecule has 0 aliphatic rings. The van der Waals surface area contributed by atoms with E-state index in [4.69, 9.17) is 10.5 Å². The number of thioether (sulfide) groups is 1. The normalized spacial score (nSPS) is 9.94. The van der Waals surface area contributed by atoms with Crippen molar-refractivity contribution in [1.29, 1.82) is 0 Å². The zero-order valence-corrected chi connectivity index (χ0v) is 10.5. The Labute approximate surface area is 106 Å². The van der Waals surface area contributed by atoms with Crippen molar-refractivity contribution in [2.45, 2.75) is 0 Å². The maximum atomic E-state index is 11.3. The average Bonchev–Trinajstić information content (AvgIpc) is 2.36. The average molecular weight is 254 g/mol. The maximum absolute atomic E-state index is 11.3. The van der Waals surface area contributed by atoms with Crippen molar-refractivity contribution in [3.63, 3.8) is 0 Å². The lowest BCUT2D eigenvalue weighted by molar-refractivity contribution is -0.118. The zero-order valence-electron chi connectivity index (χ0n) is 9.72. The van der Waals surface area contributed by atoms with Gasteiger partial charge in [0.05, 0.1) is 12.3 Å². The van der Waals surface area contributed by atoms with E-state index >= 15 is 0 Å². The molecule has 0 saturated heterocycles. The second-order valence-electron chi connectivity index (χ2n) is 3.35. The number of benzene rings is 1. The molecule has 5 heteroatoms. The molecule has 0 spiro atoms. The lowest BCUT2D eigenvalue weighted by atomic mass is 10.3. The predicted octanol–water partition coefficient (Wildman–Crippen LogP) is 0.873. The fourth-order valence-electron chi connectivity index (χ4n) is 1.18. The number of rotatable bonds is 8. The molecule has 0 aliphatic carbocycles. The van der Waals surface area contributed by atoms with E-state index in [0.717, 1.165) is 11.5 Å². The fourth-order valence-corrected chi connectivity index (χ4v) is 1.77. The molecule has 1 rings (SSSR count). The zero-order chi connectivity index (χ0) is 12.3. The Morgan fingerprint density at radius 2 is 2.12 bits per heavy atom. The summed E-state index contributed by atoms with van der Waals surface area (Å²) in [4.78, 5) is 11.3. The van der Waals surface area contributed by atoms with Gasteiger partial charge in [-0.25, -0.2) is 0 Å². The van der Waals surface area contributed by atoms with Gasteiger partial charge in [-0.05, 0) is 12.1 Å². The Kier molecular flexibility index (Phi) is 7.25. The van der Waals surface area contributed by atoms with E-state index in [1.165, 1.54) is 11.8 Å². The summed E-state index contributed by atoms with van der Waals surface area (Å²) in [6.07, 6.45) is 0. The number of carbonyl (C=O) groups excluding carboxylic acids is 1. The van der Waals surface area contributed by atoms with Crippen molar-refractivity contribution < 1.29 is 9.53 Å². The van der Waals surface area contributed by atoms with Gasteiger partial charge in [-0.1, -0.05) is 18.2 Å². The topological polar surface area (TPSA) is 64.4 Å². The molecule has 4 nitrogen and oxygen atoms in total. The SMILES string of the molecule is NCCSCC(=O)NCCOc1ccccc1. The lowest BCUT2D eigenvalue weighted by Crippen LogP contribution is -2.29. The molecule has 17 heavy (non-hydrogen) atoms. The third-order valence-corrected chi connectivity index (χ3v) is 2.92. The first kappa shape index (κ1) is 13.9. The number of ether oxygens (including phenoxy) is 1. The van der Waals surface area contributed by atoms with Crippen LogP contribution >= 0.6 is 11.8 Å². The summed E-state index contributed by atoms with van der Waals surface area (Å²) in [5.74, 6) is 2.12. The second kappa shape index (κ2) is 8.90. The number of carbonyl (C=O) groups is 1. The monoisotopic (exact) mass is 254 g/mol. The molecule has 0 unspecified atom stereocenters. The van der Waals surface area contributed by atoms with Crippen LogP contribution in [0.15, 0.2) is 30.3 Å². The van der Waals surface area contributed by atoms with Gasteiger partial charge in [0, 0.05) is 12.3 Å². The molecule has 1 aromatic carbocycles. The molecule has 0 aliphatic heterocycles. The summed E-state index contributed by atoms with van der Waals surface area (Å²) in [6, 6.07) is 9.54. The predicted molar refractivity (Wildman–Crippen MR) is 71.3 cm³/mol. The minimum Gasteiger partial charge on any atom is -0.492 e. The summed E-state index contributed by atoms with van der Waals surface area (Å²) >= 11 is 1.54. The Morgan fingerprint density at radius 3 is 2.82 bits per heavy atom. The van der Waals surface area contributed by atoms with Crippen LogP contribution < -0.4 is 15.8 Å². The third-order valence-electron chi connectivity index (χ3n) is 1.93. The summed E-state index contributed by atoms with van der Waals surface area (Å²) in [5.41, 5.74) is 5.33. The van der Waals surface area contributed by atoms with Crippen LogP contribution in [0.1, 0.15) is 0 Å². The molecule has 0 atom stereocenters. The molecule has 0 heterocycles. The molecular formula is C12H18N2O2S. The van der Waals surface area contributed by atoms with E-state index in [0.29, 0.717) is 25.4 Å². The van der Waals surface area contributed by atoms with E-state index < -0.39 is 0 Å². The van der Waals surface area contributed by atoms with Gasteiger partial charge in [0.25, 0.3) is 0 Å². The van der Waals surface area contributed by atoms with Crippen molar-refractivity contribution in [3.05, 3.63) is 30.3 Å². The highest BCUT2D eigenvalue weighted by atomic mass is 32.2. The minimum atomic E-state index is 0.0279. The van der Waals surface area contributed by atoms with Gasteiger partial charge < -0.3 is 15.8 Å². The number of nitrogens with one attached hydrogen (secondary N) is 1. The van der Waals surface area contributed by atoms with E-state index in [-0.39, 0.29) is 5.91 Å². The quantitative estimate of drug-likeness (QED) is 0.676. The van der Waals surface area contributed by atoms with Crippen LogP contribution in [0.4, 0.5) is 0 Å². The van der Waals surface area contributed by atoms with E-state index in [1.54, 1.807) is 0 Å². The highest BCUT2D eigenvalue weighted by Crippen LogP contribution is 2.07. The smallest absolute Gasteiger partial charge is 0.230 e. The van der Waals surface area contributed by atoms with Crippen molar-refractivity contribution in [2.24, 2.45) is 5.73 Å². The molecule has 94 valence electrons. The number of nitrogens with two attached hydrogens (primary N) is 1. The van der Waals surface area contributed by atoms with E-state index in [9.17, 15) is 4.79 Å². The largest absolute Gasteiger partial charge is 0.492 e. The molecule has 0 fully saturated rings. The van der Waals surface area contributed by atoms with Gasteiger partial charge in [-0.15, -0.1) is 0 Å². The van der Waals surface area contributed by atoms with Crippen molar-refractivity contribution in [3.8, 4) is 5.75 Å². The Morgan fingerprint density at radius 1 is 1.35 bits per heavy atom. The van der Waals surface area contributed by atoms with Crippen LogP contribution in [-0.4, -0.2) is 37.1 Å². The summed E-state index contributed by atoms with van der Waals surface area (Å²) in [7, 11) is 0. The summed E-state index contributed by atoms with van der Waals surface area (Å²) in [5, 5.41) is 2.79. The van der Waals surface area contributed by atoms with Crippen molar-refractivity contribution in [1.82, 2.24) is 5.32 Å². The van der Waals surface area contributed by atoms with E-state index in [1.807, 2.05) is 30.3 Å². The number of hydrogen-bond donors (Lipinski definition) is 2. The maximum Gasteiger partial charge on any atom is 0.230 e. The van der Waals surface area contributed by atoms with Crippen LogP contribution in [0.3, 0.4) is 0 Å². The molecular weight excluding hydrogens is 236 g/mol. The molecule has 1 aromatic rings. The molecule has 0 saturated carbocycles. The first-order valence-electron chi connectivity index (χ1n) is 5.55. The first-order valence-corrected chi connectivity index (χ1v) is 6.71. The summed E-state index contributed by atoms with van der Waals surface area (Å²) in [6.45, 7) is 1.61. The van der Waals surface area contributed by atoms with E-state index in [2.05, 4.69) is 5.32 Å². The molecule has 0 aromatic heterocycles. The molecule has 1 amide bonds. The van der Waals surface area contributed by atoms with Gasteiger partial charge in [0.1, 0.15) is 12.4 Å². The third kappa shape index (κ3) is 6.86. The Balaban J connectivity index is 2.02. The Hall–Kier alpha value is -1.20. The second-order valence-corrected chi connectivity index (χ2v) is 4.46. The standard InChI is InChI=1S/C12H18N2O2S/c13-6-9-17-10-12(15)14-7-8-16-11-4-2-1-3-5-11/h1-5H,6-10,13H2,(H,14,15). The van der Waals surface area contributed by atoms with Crippen LogP contribution in [0, 0.1) is 0 Å². The minimum absolute atomic E-state index is 0.0279. The molecule has 0 bridgehead atoms. The van der Waals surface area contributed by atoms with Crippen LogP contribution in [0.2, 0.25) is 0 Å². The molecule has 3 N–H and O–H groups in total. The Bertz CT molecular complexity index is 320. The molecule has 0 radical (unpaired) electrons. The van der Waals surface area contributed by atoms with Crippen molar-refractivity contribution >= 4 is 17.7 Å². The highest BCUT2D eigenvalue weighted by molar-refractivity contribution is 7.99. The van der Waals surface area contributed by atoms with Gasteiger partial charge in [-0.3, -0.25) is 4.79 Å². The van der Waals surface area contributed by atoms with Gasteiger partial charge in [-0.2, -0.15) is 11.8 Å². The van der Waals surface area contributed by atoms with Gasteiger partial charge >= 0.3 is 0 Å². The highest BCUT2D eigenvalue weighted by Gasteiger charge is 2.00. The van der Waals surface area contributed by atoms with Gasteiger partial charge in [0.15, 0.2) is 0 Å². The lowest BCUT2D eigenvalue weighted by Gasteiger charge is -2.07. The van der Waals surface area contributed by atoms with Gasteiger partial charge in [0.2, 0.25) is 5.91 Å². The van der Waals surface area contributed by atoms with Crippen molar-refractivity contribution in [2.75, 3.05) is 31.2 Å². The number of para-hydroxylation sites is 1. The number of hydrogen-bond acceptors (Lipinski definition) is 4.